The van der Waals surface area contributed by atoms with Gasteiger partial charge in [-0.15, -0.1) is 11.3 Å². The molecule has 0 aliphatic rings. The smallest absolute Gasteiger partial charge is 0.337 e. The zero-order valence-electron chi connectivity index (χ0n) is 12.1. The molecule has 4 nitrogen and oxygen atoms in total. The van der Waals surface area contributed by atoms with Gasteiger partial charge < -0.3 is 10.1 Å². The summed E-state index contributed by atoms with van der Waals surface area (Å²) in [4.78, 5) is 24.5. The van der Waals surface area contributed by atoms with E-state index < -0.39 is 5.97 Å². The lowest BCUT2D eigenvalue weighted by Gasteiger charge is -2.08. The van der Waals surface area contributed by atoms with Crippen molar-refractivity contribution >= 4 is 50.9 Å². The van der Waals surface area contributed by atoms with E-state index in [4.69, 9.17) is 0 Å². The Balaban J connectivity index is 2.10. The van der Waals surface area contributed by atoms with Gasteiger partial charge in [-0.25, -0.2) is 4.79 Å². The zero-order chi connectivity index (χ0) is 16.1. The molecule has 6 heteroatoms. The molecule has 0 spiro atoms. The van der Waals surface area contributed by atoms with Gasteiger partial charge in [0.15, 0.2) is 0 Å². The fourth-order valence-corrected chi connectivity index (χ4v) is 3.08. The summed E-state index contributed by atoms with van der Waals surface area (Å²) in [5.41, 5.74) is 1.85. The molecule has 1 amide bonds. The van der Waals surface area contributed by atoms with Crippen LogP contribution < -0.4 is 5.32 Å². The summed E-state index contributed by atoms with van der Waals surface area (Å²) in [6, 6.07) is 8.88. The van der Waals surface area contributed by atoms with E-state index in [0.29, 0.717) is 11.3 Å². The predicted octanol–water partition coefficient (Wildman–Crippen LogP) is 4.26. The molecule has 0 radical (unpaired) electrons. The van der Waals surface area contributed by atoms with Crippen LogP contribution in [0, 0.1) is 6.92 Å². The van der Waals surface area contributed by atoms with Crippen LogP contribution in [0.15, 0.2) is 40.2 Å². The van der Waals surface area contributed by atoms with Crippen molar-refractivity contribution in [3.05, 3.63) is 56.2 Å². The van der Waals surface area contributed by atoms with Crippen LogP contribution >= 0.6 is 27.3 Å². The van der Waals surface area contributed by atoms with Crippen molar-refractivity contribution in [2.45, 2.75) is 6.92 Å². The number of aryl methyl sites for hydroxylation is 1. The standard InChI is InChI=1S/C16H14BrNO3S/c1-10-3-4-11(16(20)21-2)9-13(10)18-15(19)8-6-12-5-7-14(17)22-12/h3-9H,1-2H3,(H,18,19). The molecule has 2 aromatic rings. The van der Waals surface area contributed by atoms with Crippen molar-refractivity contribution in [1.29, 1.82) is 0 Å². The number of methoxy groups -OCH3 is 1. The number of benzene rings is 1. The first-order valence-electron chi connectivity index (χ1n) is 6.43. The summed E-state index contributed by atoms with van der Waals surface area (Å²) in [6.07, 6.45) is 3.20. The highest BCUT2D eigenvalue weighted by Gasteiger charge is 2.09. The number of thiophene rings is 1. The molecule has 0 aliphatic carbocycles. The van der Waals surface area contributed by atoms with Crippen LogP contribution in [-0.4, -0.2) is 19.0 Å². The van der Waals surface area contributed by atoms with Crippen LogP contribution in [0.3, 0.4) is 0 Å². The van der Waals surface area contributed by atoms with E-state index in [2.05, 4.69) is 26.0 Å². The number of anilines is 1. The first-order chi connectivity index (χ1) is 10.5. The predicted molar refractivity (Wildman–Crippen MR) is 92.2 cm³/mol. The lowest BCUT2D eigenvalue weighted by Crippen LogP contribution is -2.10. The number of rotatable bonds is 4. The molecule has 0 atom stereocenters. The second-order valence-electron chi connectivity index (χ2n) is 4.49. The highest BCUT2D eigenvalue weighted by atomic mass is 79.9. The summed E-state index contributed by atoms with van der Waals surface area (Å²) in [6.45, 7) is 1.86. The number of carbonyl (C=O) groups excluding carboxylic acids is 2. The zero-order valence-corrected chi connectivity index (χ0v) is 14.5. The summed E-state index contributed by atoms with van der Waals surface area (Å²) in [5.74, 6) is -0.691. The van der Waals surface area contributed by atoms with Crippen molar-refractivity contribution in [3.63, 3.8) is 0 Å². The van der Waals surface area contributed by atoms with Crippen molar-refractivity contribution < 1.29 is 14.3 Å². The van der Waals surface area contributed by atoms with Gasteiger partial charge in [-0.3, -0.25) is 4.79 Å². The van der Waals surface area contributed by atoms with Crippen molar-refractivity contribution in [2.24, 2.45) is 0 Å². The Morgan fingerprint density at radius 3 is 2.68 bits per heavy atom. The lowest BCUT2D eigenvalue weighted by molar-refractivity contribution is -0.111. The maximum absolute atomic E-state index is 12.0. The first kappa shape index (κ1) is 16.5. The number of esters is 1. The van der Waals surface area contributed by atoms with Gasteiger partial charge in [0.1, 0.15) is 0 Å². The minimum Gasteiger partial charge on any atom is -0.465 e. The van der Waals surface area contributed by atoms with E-state index in [0.717, 1.165) is 14.2 Å². The van der Waals surface area contributed by atoms with E-state index in [1.807, 2.05) is 19.1 Å². The van der Waals surface area contributed by atoms with Crippen molar-refractivity contribution in [2.75, 3.05) is 12.4 Å². The fourth-order valence-electron chi connectivity index (χ4n) is 1.75. The molecule has 0 aliphatic heterocycles. The molecule has 1 heterocycles. The first-order valence-corrected chi connectivity index (χ1v) is 8.04. The Morgan fingerprint density at radius 2 is 2.05 bits per heavy atom. The van der Waals surface area contributed by atoms with Crippen molar-refractivity contribution in [1.82, 2.24) is 0 Å². The maximum Gasteiger partial charge on any atom is 0.337 e. The summed E-state index contributed by atoms with van der Waals surface area (Å²) in [7, 11) is 1.32. The molecule has 1 aromatic carbocycles. The summed E-state index contributed by atoms with van der Waals surface area (Å²) in [5, 5.41) is 2.77. The molecule has 114 valence electrons. The number of nitrogens with one attached hydrogen (secondary N) is 1. The summed E-state index contributed by atoms with van der Waals surface area (Å²) < 4.78 is 5.68. The minimum atomic E-state index is -0.436. The van der Waals surface area contributed by atoms with E-state index in [-0.39, 0.29) is 5.91 Å². The Labute approximate surface area is 140 Å². The van der Waals surface area contributed by atoms with Crippen LogP contribution in [-0.2, 0) is 9.53 Å². The van der Waals surface area contributed by atoms with Crippen LogP contribution in [0.4, 0.5) is 5.69 Å². The molecular weight excluding hydrogens is 366 g/mol. The van der Waals surface area contributed by atoms with Gasteiger partial charge >= 0.3 is 5.97 Å². The average molecular weight is 380 g/mol. The van der Waals surface area contributed by atoms with E-state index in [9.17, 15) is 9.59 Å². The van der Waals surface area contributed by atoms with Crippen LogP contribution in [0.5, 0.6) is 0 Å². The highest BCUT2D eigenvalue weighted by molar-refractivity contribution is 9.11. The van der Waals surface area contributed by atoms with Crippen LogP contribution in [0.1, 0.15) is 20.8 Å². The van der Waals surface area contributed by atoms with Gasteiger partial charge in [-0.2, -0.15) is 0 Å². The number of halogens is 1. The number of hydrogen-bond donors (Lipinski definition) is 1. The van der Waals surface area contributed by atoms with Gasteiger partial charge in [0, 0.05) is 16.6 Å². The molecule has 0 unspecified atom stereocenters. The Hall–Kier alpha value is -1.92. The van der Waals surface area contributed by atoms with Gasteiger partial charge in [0.05, 0.1) is 16.5 Å². The quantitative estimate of drug-likeness (QED) is 0.637. The topological polar surface area (TPSA) is 55.4 Å². The molecule has 1 aromatic heterocycles. The van der Waals surface area contributed by atoms with E-state index in [1.54, 1.807) is 24.3 Å². The molecule has 1 N–H and O–H groups in total. The highest BCUT2D eigenvalue weighted by Crippen LogP contribution is 2.23. The van der Waals surface area contributed by atoms with E-state index in [1.165, 1.54) is 24.5 Å². The van der Waals surface area contributed by atoms with Gasteiger partial charge in [-0.05, 0) is 58.8 Å². The van der Waals surface area contributed by atoms with Gasteiger partial charge in [0.2, 0.25) is 5.91 Å². The van der Waals surface area contributed by atoms with Crippen LogP contribution in [0.25, 0.3) is 6.08 Å². The molecule has 0 fully saturated rings. The molecule has 0 saturated carbocycles. The Bertz CT molecular complexity index is 737. The number of carbonyl (C=O) groups is 2. The molecule has 0 saturated heterocycles. The minimum absolute atomic E-state index is 0.255. The Kier molecular flexibility index (Phi) is 5.51. The number of ether oxygens (including phenoxy) is 1. The number of hydrogen-bond acceptors (Lipinski definition) is 4. The average Bonchev–Trinajstić information content (AvgIpc) is 2.92. The second kappa shape index (κ2) is 7.38. The third kappa shape index (κ3) is 4.29. The molecule has 22 heavy (non-hydrogen) atoms. The molecular formula is C16H14BrNO3S. The fraction of sp³-hybridized carbons (Fsp3) is 0.125. The lowest BCUT2D eigenvalue weighted by atomic mass is 10.1. The number of amides is 1. The molecule has 0 bridgehead atoms. The van der Waals surface area contributed by atoms with Gasteiger partial charge in [0.25, 0.3) is 0 Å². The Morgan fingerprint density at radius 1 is 1.27 bits per heavy atom. The SMILES string of the molecule is COC(=O)c1ccc(C)c(NC(=O)C=Cc2ccc(Br)s2)c1. The largest absolute Gasteiger partial charge is 0.465 e. The third-order valence-electron chi connectivity index (χ3n) is 2.91. The van der Waals surface area contributed by atoms with E-state index >= 15 is 0 Å². The third-order valence-corrected chi connectivity index (χ3v) is 4.50. The maximum atomic E-state index is 12.0. The molecule has 2 rings (SSSR count). The second-order valence-corrected chi connectivity index (χ2v) is 6.98. The van der Waals surface area contributed by atoms with Crippen molar-refractivity contribution in [3.8, 4) is 0 Å². The van der Waals surface area contributed by atoms with Crippen LogP contribution in [0.2, 0.25) is 0 Å². The normalized spacial score (nSPS) is 10.7. The summed E-state index contributed by atoms with van der Waals surface area (Å²) >= 11 is 4.91. The van der Waals surface area contributed by atoms with Gasteiger partial charge in [-0.1, -0.05) is 6.07 Å². The monoisotopic (exact) mass is 379 g/mol.